The zero-order valence-corrected chi connectivity index (χ0v) is 15.2. The molecule has 0 fully saturated rings. The lowest BCUT2D eigenvalue weighted by atomic mass is 10.1. The third-order valence-corrected chi connectivity index (χ3v) is 4.32. The molecule has 126 valence electrons. The van der Waals surface area contributed by atoms with Gasteiger partial charge in [0.2, 0.25) is 5.95 Å². The lowest BCUT2D eigenvalue weighted by molar-refractivity contribution is 0.102. The molecule has 0 spiro atoms. The van der Waals surface area contributed by atoms with Gasteiger partial charge in [0.1, 0.15) is 5.69 Å². The van der Waals surface area contributed by atoms with Gasteiger partial charge in [-0.3, -0.25) is 4.79 Å². The molecule has 0 atom stereocenters. The monoisotopic (exact) mass is 396 g/mol. The van der Waals surface area contributed by atoms with Gasteiger partial charge in [-0.2, -0.15) is 0 Å². The Balaban J connectivity index is 1.74. The quantitative estimate of drug-likeness (QED) is 0.649. The number of carbonyl (C=O) groups excluding carboxylic acids is 1. The van der Waals surface area contributed by atoms with Gasteiger partial charge < -0.3 is 10.6 Å². The van der Waals surface area contributed by atoms with Crippen LogP contribution in [-0.2, 0) is 6.42 Å². The van der Waals surface area contributed by atoms with Crippen LogP contribution in [0, 0.1) is 0 Å². The molecule has 0 aliphatic heterocycles. The highest BCUT2D eigenvalue weighted by molar-refractivity contribution is 9.10. The third-order valence-electron chi connectivity index (χ3n) is 3.63. The van der Waals surface area contributed by atoms with E-state index in [2.05, 4.69) is 43.5 Å². The zero-order valence-electron chi connectivity index (χ0n) is 13.7. The zero-order chi connectivity index (χ0) is 17.6. The minimum atomic E-state index is -0.276. The molecule has 0 aliphatic carbocycles. The van der Waals surface area contributed by atoms with E-state index in [1.54, 1.807) is 12.3 Å². The van der Waals surface area contributed by atoms with Crippen molar-refractivity contribution < 1.29 is 4.79 Å². The Morgan fingerprint density at radius 3 is 2.56 bits per heavy atom. The van der Waals surface area contributed by atoms with Crippen molar-refractivity contribution in [2.24, 2.45) is 0 Å². The van der Waals surface area contributed by atoms with Gasteiger partial charge in [0.05, 0.1) is 5.69 Å². The van der Waals surface area contributed by atoms with Crippen molar-refractivity contribution in [3.63, 3.8) is 0 Å². The summed E-state index contributed by atoms with van der Waals surface area (Å²) in [5.41, 5.74) is 3.08. The number of hydrogen-bond acceptors (Lipinski definition) is 4. The molecule has 0 aliphatic rings. The topological polar surface area (TPSA) is 66.9 Å². The highest BCUT2D eigenvalue weighted by Crippen LogP contribution is 2.23. The first kappa shape index (κ1) is 17.1. The van der Waals surface area contributed by atoms with Crippen LogP contribution in [0.1, 0.15) is 23.0 Å². The first-order valence-electron chi connectivity index (χ1n) is 7.90. The lowest BCUT2D eigenvalue weighted by Gasteiger charge is -2.09. The van der Waals surface area contributed by atoms with Gasteiger partial charge in [-0.1, -0.05) is 31.2 Å². The van der Waals surface area contributed by atoms with Crippen LogP contribution < -0.4 is 10.6 Å². The highest BCUT2D eigenvalue weighted by atomic mass is 79.9. The maximum Gasteiger partial charge on any atom is 0.274 e. The normalized spacial score (nSPS) is 10.3. The van der Waals surface area contributed by atoms with Crippen LogP contribution >= 0.6 is 15.9 Å². The predicted molar refractivity (Wildman–Crippen MR) is 103 cm³/mol. The average Bonchev–Trinajstić information content (AvgIpc) is 2.64. The number of nitrogens with zero attached hydrogens (tertiary/aromatic N) is 2. The predicted octanol–water partition coefficient (Wildman–Crippen LogP) is 4.80. The smallest absolute Gasteiger partial charge is 0.274 e. The summed E-state index contributed by atoms with van der Waals surface area (Å²) in [6, 6.07) is 17.0. The van der Waals surface area contributed by atoms with Crippen LogP contribution in [0.4, 0.5) is 17.3 Å². The second-order valence-corrected chi connectivity index (χ2v) is 6.23. The first-order chi connectivity index (χ1) is 12.2. The summed E-state index contributed by atoms with van der Waals surface area (Å²) in [6.45, 7) is 2.09. The van der Waals surface area contributed by atoms with Gasteiger partial charge >= 0.3 is 0 Å². The molecule has 0 saturated carbocycles. The molecule has 3 aromatic rings. The number of para-hydroxylation sites is 1. The van der Waals surface area contributed by atoms with E-state index in [1.165, 1.54) is 5.56 Å². The number of amides is 1. The molecule has 0 unspecified atom stereocenters. The van der Waals surface area contributed by atoms with Crippen LogP contribution in [0.2, 0.25) is 0 Å². The lowest BCUT2D eigenvalue weighted by Crippen LogP contribution is -2.14. The molecular formula is C19H17BrN4O. The number of aryl methyl sites for hydroxylation is 1. The largest absolute Gasteiger partial charge is 0.323 e. The number of carbonyl (C=O) groups is 1. The van der Waals surface area contributed by atoms with Gasteiger partial charge in [0.15, 0.2) is 0 Å². The number of benzene rings is 2. The van der Waals surface area contributed by atoms with Crippen LogP contribution in [0.3, 0.4) is 0 Å². The van der Waals surface area contributed by atoms with E-state index in [9.17, 15) is 4.79 Å². The minimum absolute atomic E-state index is 0.276. The van der Waals surface area contributed by atoms with Crippen molar-refractivity contribution in [1.82, 2.24) is 9.97 Å². The maximum atomic E-state index is 12.4. The Morgan fingerprint density at radius 1 is 1.08 bits per heavy atom. The van der Waals surface area contributed by atoms with E-state index in [4.69, 9.17) is 0 Å². The van der Waals surface area contributed by atoms with Crippen molar-refractivity contribution in [2.45, 2.75) is 13.3 Å². The maximum absolute atomic E-state index is 12.4. The Kier molecular flexibility index (Phi) is 5.40. The van der Waals surface area contributed by atoms with Crippen molar-refractivity contribution in [1.29, 1.82) is 0 Å². The molecule has 0 saturated heterocycles. The number of anilines is 3. The highest BCUT2D eigenvalue weighted by Gasteiger charge is 2.10. The molecule has 0 radical (unpaired) electrons. The number of halogens is 1. The second-order valence-electron chi connectivity index (χ2n) is 5.37. The summed E-state index contributed by atoms with van der Waals surface area (Å²) in [5.74, 6) is 0.0858. The number of rotatable bonds is 5. The Bertz CT molecular complexity index is 881. The molecule has 0 bridgehead atoms. The molecular weight excluding hydrogens is 380 g/mol. The number of hydrogen-bond donors (Lipinski definition) is 2. The average molecular weight is 397 g/mol. The van der Waals surface area contributed by atoms with Crippen molar-refractivity contribution in [3.8, 4) is 0 Å². The minimum Gasteiger partial charge on any atom is -0.323 e. The molecule has 1 heterocycles. The summed E-state index contributed by atoms with van der Waals surface area (Å²) in [4.78, 5) is 20.9. The second kappa shape index (κ2) is 7.90. The fourth-order valence-electron chi connectivity index (χ4n) is 2.25. The van der Waals surface area contributed by atoms with Crippen molar-refractivity contribution in [2.75, 3.05) is 10.6 Å². The molecule has 2 aromatic carbocycles. The van der Waals surface area contributed by atoms with E-state index in [0.717, 1.165) is 22.3 Å². The molecule has 3 rings (SSSR count). The summed E-state index contributed by atoms with van der Waals surface area (Å²) < 4.78 is 0.893. The fraction of sp³-hybridized carbons (Fsp3) is 0.105. The van der Waals surface area contributed by atoms with E-state index >= 15 is 0 Å². The Hall–Kier alpha value is -2.73. The molecule has 1 amide bonds. The molecule has 6 heteroatoms. The third kappa shape index (κ3) is 4.42. The Labute approximate surface area is 154 Å². The summed E-state index contributed by atoms with van der Waals surface area (Å²) in [5, 5.41) is 5.94. The van der Waals surface area contributed by atoms with Gasteiger partial charge in [-0.05, 0) is 58.2 Å². The van der Waals surface area contributed by atoms with Crippen LogP contribution in [-0.4, -0.2) is 15.9 Å². The standard InChI is InChI=1S/C19H17BrN4O/c1-2-13-7-9-14(10-8-13)22-18(25)17-11-12-21-19(24-17)23-16-6-4-3-5-15(16)20/h3-12H,2H2,1H3,(H,22,25)(H,21,23,24). The molecule has 1 aromatic heterocycles. The SMILES string of the molecule is CCc1ccc(NC(=O)c2ccnc(Nc3ccccc3Br)n2)cc1. The summed E-state index contributed by atoms with van der Waals surface area (Å²) >= 11 is 3.46. The van der Waals surface area contributed by atoms with Crippen molar-refractivity contribution >= 4 is 39.2 Å². The van der Waals surface area contributed by atoms with Crippen LogP contribution in [0.15, 0.2) is 65.3 Å². The molecule has 5 nitrogen and oxygen atoms in total. The van der Waals surface area contributed by atoms with Crippen LogP contribution in [0.25, 0.3) is 0 Å². The van der Waals surface area contributed by atoms with Gasteiger partial charge in [0.25, 0.3) is 5.91 Å². The Morgan fingerprint density at radius 2 is 1.84 bits per heavy atom. The van der Waals surface area contributed by atoms with E-state index < -0.39 is 0 Å². The molecule has 2 N–H and O–H groups in total. The van der Waals surface area contributed by atoms with E-state index in [-0.39, 0.29) is 5.91 Å². The fourth-order valence-corrected chi connectivity index (χ4v) is 2.63. The van der Waals surface area contributed by atoms with Gasteiger partial charge in [0, 0.05) is 16.4 Å². The van der Waals surface area contributed by atoms with Gasteiger partial charge in [-0.25, -0.2) is 9.97 Å². The summed E-state index contributed by atoms with van der Waals surface area (Å²) in [7, 11) is 0. The molecule has 25 heavy (non-hydrogen) atoms. The van der Waals surface area contributed by atoms with E-state index in [0.29, 0.717) is 11.6 Å². The number of nitrogens with one attached hydrogen (secondary N) is 2. The van der Waals surface area contributed by atoms with Crippen LogP contribution in [0.5, 0.6) is 0 Å². The first-order valence-corrected chi connectivity index (χ1v) is 8.70. The summed E-state index contributed by atoms with van der Waals surface area (Å²) in [6.07, 6.45) is 2.52. The van der Waals surface area contributed by atoms with Crippen molar-refractivity contribution in [3.05, 3.63) is 76.5 Å². The van der Waals surface area contributed by atoms with E-state index in [1.807, 2.05) is 48.5 Å². The van der Waals surface area contributed by atoms with Gasteiger partial charge in [-0.15, -0.1) is 0 Å². The number of aromatic nitrogens is 2.